The summed E-state index contributed by atoms with van der Waals surface area (Å²) in [5.41, 5.74) is -1.02. The fourth-order valence-electron chi connectivity index (χ4n) is 4.76. The molecule has 178 valence electrons. The molecular weight excluding hydrogens is 442 g/mol. The van der Waals surface area contributed by atoms with Crippen LogP contribution in [0.1, 0.15) is 39.5 Å². The van der Waals surface area contributed by atoms with E-state index in [-0.39, 0.29) is 28.9 Å². The molecule has 0 saturated carbocycles. The standard InChI is InChI=1S/C24H31N3O5S/c1-24(2,32-20-9-7-19(31-3)8-10-20)23(28)26-16-13-17-5-6-18(14-16)27(17)22-12-11-21(15-25-22)33(4,29)30/h7-12,15-18H,5-6,13-14H2,1-4H3,(H,26,28). The minimum Gasteiger partial charge on any atom is -0.497 e. The van der Waals surface area contributed by atoms with Crippen molar-refractivity contribution in [2.45, 2.75) is 68.2 Å². The molecule has 2 aliphatic rings. The van der Waals surface area contributed by atoms with Gasteiger partial charge in [0.05, 0.1) is 12.0 Å². The molecule has 2 aliphatic heterocycles. The van der Waals surface area contributed by atoms with Crippen molar-refractivity contribution in [3.63, 3.8) is 0 Å². The van der Waals surface area contributed by atoms with Gasteiger partial charge in [-0.2, -0.15) is 0 Å². The van der Waals surface area contributed by atoms with E-state index in [1.54, 1.807) is 57.4 Å². The predicted molar refractivity (Wildman–Crippen MR) is 126 cm³/mol. The Morgan fingerprint density at radius 3 is 2.18 bits per heavy atom. The van der Waals surface area contributed by atoms with Crippen LogP contribution in [0, 0.1) is 0 Å². The molecule has 0 radical (unpaired) electrons. The van der Waals surface area contributed by atoms with Gasteiger partial charge in [-0.05, 0) is 75.9 Å². The number of anilines is 1. The zero-order chi connectivity index (χ0) is 23.8. The van der Waals surface area contributed by atoms with Gasteiger partial charge < -0.3 is 19.7 Å². The number of carbonyl (C=O) groups is 1. The molecule has 4 rings (SSSR count). The third-order valence-electron chi connectivity index (χ3n) is 6.46. The number of hydrogen-bond acceptors (Lipinski definition) is 7. The highest BCUT2D eigenvalue weighted by atomic mass is 32.2. The van der Waals surface area contributed by atoms with Crippen LogP contribution >= 0.6 is 0 Å². The van der Waals surface area contributed by atoms with E-state index in [4.69, 9.17) is 9.47 Å². The van der Waals surface area contributed by atoms with Gasteiger partial charge in [0.2, 0.25) is 0 Å². The monoisotopic (exact) mass is 473 g/mol. The summed E-state index contributed by atoms with van der Waals surface area (Å²) in [5.74, 6) is 1.98. The van der Waals surface area contributed by atoms with Crippen LogP contribution in [0.5, 0.6) is 11.5 Å². The average molecular weight is 474 g/mol. The van der Waals surface area contributed by atoms with Crippen molar-refractivity contribution in [3.05, 3.63) is 42.6 Å². The van der Waals surface area contributed by atoms with E-state index in [1.807, 2.05) is 0 Å². The number of nitrogens with one attached hydrogen (secondary N) is 1. The largest absolute Gasteiger partial charge is 0.497 e. The summed E-state index contributed by atoms with van der Waals surface area (Å²) in [7, 11) is -1.67. The van der Waals surface area contributed by atoms with E-state index in [0.717, 1.165) is 37.3 Å². The third kappa shape index (κ3) is 5.08. The number of piperidine rings is 1. The van der Waals surface area contributed by atoms with E-state index < -0.39 is 15.4 Å². The summed E-state index contributed by atoms with van der Waals surface area (Å²) in [6.07, 6.45) is 6.29. The van der Waals surface area contributed by atoms with Crippen LogP contribution in [0.3, 0.4) is 0 Å². The summed E-state index contributed by atoms with van der Waals surface area (Å²) in [5, 5.41) is 3.19. The molecule has 2 saturated heterocycles. The second kappa shape index (κ2) is 8.85. The molecule has 1 aromatic heterocycles. The number of rotatable bonds is 7. The van der Waals surface area contributed by atoms with Gasteiger partial charge in [0, 0.05) is 30.6 Å². The number of sulfone groups is 1. The number of methoxy groups -OCH3 is 1. The first-order valence-electron chi connectivity index (χ1n) is 11.2. The van der Waals surface area contributed by atoms with Crippen molar-refractivity contribution >= 4 is 21.6 Å². The highest BCUT2D eigenvalue weighted by molar-refractivity contribution is 7.90. The van der Waals surface area contributed by atoms with Gasteiger partial charge in [0.25, 0.3) is 5.91 Å². The van der Waals surface area contributed by atoms with E-state index in [2.05, 4.69) is 15.2 Å². The summed E-state index contributed by atoms with van der Waals surface area (Å²) >= 11 is 0. The Kier molecular flexibility index (Phi) is 6.26. The molecule has 2 unspecified atom stereocenters. The number of hydrogen-bond donors (Lipinski definition) is 1. The van der Waals surface area contributed by atoms with Gasteiger partial charge in [0.15, 0.2) is 15.4 Å². The highest BCUT2D eigenvalue weighted by Gasteiger charge is 2.43. The molecule has 2 aromatic rings. The third-order valence-corrected chi connectivity index (χ3v) is 7.56. The lowest BCUT2D eigenvalue weighted by Crippen LogP contribution is -2.55. The van der Waals surface area contributed by atoms with Gasteiger partial charge in [-0.1, -0.05) is 0 Å². The second-order valence-corrected chi connectivity index (χ2v) is 11.4. The van der Waals surface area contributed by atoms with E-state index in [1.165, 1.54) is 12.5 Å². The number of pyridine rings is 1. The predicted octanol–water partition coefficient (Wildman–Crippen LogP) is 2.97. The van der Waals surface area contributed by atoms with Gasteiger partial charge in [-0.25, -0.2) is 13.4 Å². The molecule has 1 amide bonds. The number of benzene rings is 1. The van der Waals surface area contributed by atoms with Crippen molar-refractivity contribution in [1.29, 1.82) is 0 Å². The molecule has 8 nitrogen and oxygen atoms in total. The van der Waals surface area contributed by atoms with E-state index >= 15 is 0 Å². The van der Waals surface area contributed by atoms with Crippen LogP contribution in [0.25, 0.3) is 0 Å². The molecule has 2 fully saturated rings. The van der Waals surface area contributed by atoms with Crippen molar-refractivity contribution in [3.8, 4) is 11.5 Å². The van der Waals surface area contributed by atoms with Crippen molar-refractivity contribution < 1.29 is 22.7 Å². The SMILES string of the molecule is COc1ccc(OC(C)(C)C(=O)NC2CC3CCC(C2)N3c2ccc(S(C)(=O)=O)cn2)cc1. The fraction of sp³-hybridized carbons (Fsp3) is 0.500. The summed E-state index contributed by atoms with van der Waals surface area (Å²) < 4.78 is 34.6. The fourth-order valence-corrected chi connectivity index (χ4v) is 5.32. The first-order valence-corrected chi connectivity index (χ1v) is 13.0. The first kappa shape index (κ1) is 23.4. The lowest BCUT2D eigenvalue weighted by molar-refractivity contribution is -0.135. The number of ether oxygens (including phenoxy) is 2. The van der Waals surface area contributed by atoms with E-state index in [0.29, 0.717) is 5.75 Å². The summed E-state index contributed by atoms with van der Waals surface area (Å²) in [6.45, 7) is 3.53. The molecule has 2 bridgehead atoms. The first-order chi connectivity index (χ1) is 15.6. The molecule has 0 spiro atoms. The Hall–Kier alpha value is -2.81. The van der Waals surface area contributed by atoms with E-state index in [9.17, 15) is 13.2 Å². The Balaban J connectivity index is 1.38. The normalized spacial score (nSPS) is 22.7. The molecule has 9 heteroatoms. The smallest absolute Gasteiger partial charge is 0.263 e. The molecule has 0 aliphatic carbocycles. The number of fused-ring (bicyclic) bond motifs is 2. The highest BCUT2D eigenvalue weighted by Crippen LogP contribution is 2.39. The van der Waals surface area contributed by atoms with Crippen molar-refractivity contribution in [2.75, 3.05) is 18.3 Å². The van der Waals surface area contributed by atoms with Crippen LogP contribution in [-0.4, -0.2) is 56.4 Å². The quantitative estimate of drug-likeness (QED) is 0.660. The second-order valence-electron chi connectivity index (χ2n) is 9.35. The molecule has 3 heterocycles. The topological polar surface area (TPSA) is 97.8 Å². The summed E-state index contributed by atoms with van der Waals surface area (Å²) in [6, 6.07) is 11.1. The van der Waals surface area contributed by atoms with Crippen LogP contribution in [-0.2, 0) is 14.6 Å². The van der Waals surface area contributed by atoms with Crippen LogP contribution < -0.4 is 19.7 Å². The summed E-state index contributed by atoms with van der Waals surface area (Å²) in [4.78, 5) is 20.0. The molecular formula is C24H31N3O5S. The Labute approximate surface area is 195 Å². The minimum absolute atomic E-state index is 0.0558. The molecule has 1 aromatic carbocycles. The maximum atomic E-state index is 13.0. The van der Waals surface area contributed by atoms with Crippen LogP contribution in [0.4, 0.5) is 5.82 Å². The van der Waals surface area contributed by atoms with Gasteiger partial charge >= 0.3 is 0 Å². The Bertz CT molecular complexity index is 1090. The maximum Gasteiger partial charge on any atom is 0.263 e. The van der Waals surface area contributed by atoms with Gasteiger partial charge in [-0.3, -0.25) is 4.79 Å². The lowest BCUT2D eigenvalue weighted by Gasteiger charge is -2.40. The zero-order valence-electron chi connectivity index (χ0n) is 19.4. The maximum absolute atomic E-state index is 13.0. The Morgan fingerprint density at radius 2 is 1.67 bits per heavy atom. The van der Waals surface area contributed by atoms with Crippen molar-refractivity contribution in [1.82, 2.24) is 10.3 Å². The van der Waals surface area contributed by atoms with Gasteiger partial charge in [-0.15, -0.1) is 0 Å². The van der Waals surface area contributed by atoms with Gasteiger partial charge in [0.1, 0.15) is 17.3 Å². The van der Waals surface area contributed by atoms with Crippen LogP contribution in [0.15, 0.2) is 47.5 Å². The lowest BCUT2D eigenvalue weighted by atomic mass is 9.96. The number of aromatic nitrogens is 1. The van der Waals surface area contributed by atoms with Crippen LogP contribution in [0.2, 0.25) is 0 Å². The number of amides is 1. The Morgan fingerprint density at radius 1 is 1.06 bits per heavy atom. The number of nitrogens with zero attached hydrogens (tertiary/aromatic N) is 2. The van der Waals surface area contributed by atoms with Crippen molar-refractivity contribution in [2.24, 2.45) is 0 Å². The average Bonchev–Trinajstić information content (AvgIpc) is 3.03. The molecule has 2 atom stereocenters. The zero-order valence-corrected chi connectivity index (χ0v) is 20.3. The molecule has 1 N–H and O–H groups in total. The molecule has 33 heavy (non-hydrogen) atoms. The number of carbonyl (C=O) groups excluding carboxylic acids is 1. The minimum atomic E-state index is -3.27.